The number of rotatable bonds is 4. The molecule has 0 aliphatic carbocycles. The van der Waals surface area contributed by atoms with E-state index in [1.807, 2.05) is 12.4 Å². The molecule has 0 radical (unpaired) electrons. The van der Waals surface area contributed by atoms with Crippen LogP contribution < -0.4 is 11.3 Å². The number of hydrogen-bond donors (Lipinski definition) is 2. The van der Waals surface area contributed by atoms with Crippen molar-refractivity contribution in [2.45, 2.75) is 26.4 Å². The van der Waals surface area contributed by atoms with Gasteiger partial charge >= 0.3 is 0 Å². The summed E-state index contributed by atoms with van der Waals surface area (Å²) in [7, 11) is 0. The zero-order valence-electron chi connectivity index (χ0n) is 9.47. The molecule has 0 saturated carbocycles. The fraction of sp³-hybridized carbons (Fsp3) is 0.364. The molecule has 0 amide bonds. The number of nitrogens with zero attached hydrogens (tertiary/aromatic N) is 2. The molecule has 86 valence electrons. The van der Waals surface area contributed by atoms with Gasteiger partial charge in [0.2, 0.25) is 0 Å². The van der Waals surface area contributed by atoms with Crippen molar-refractivity contribution in [3.63, 3.8) is 0 Å². The summed E-state index contributed by atoms with van der Waals surface area (Å²) < 4.78 is 2.10. The number of aromatic nitrogens is 2. The van der Waals surface area contributed by atoms with E-state index in [1.165, 1.54) is 11.1 Å². The average Bonchev–Trinajstić information content (AvgIpc) is 2.90. The van der Waals surface area contributed by atoms with Crippen molar-refractivity contribution < 1.29 is 0 Å². The van der Waals surface area contributed by atoms with Gasteiger partial charge in [0.15, 0.2) is 0 Å². The van der Waals surface area contributed by atoms with Gasteiger partial charge in [-0.1, -0.05) is 0 Å². The van der Waals surface area contributed by atoms with Gasteiger partial charge in [0.05, 0.1) is 0 Å². The van der Waals surface area contributed by atoms with Crippen LogP contribution in [0, 0.1) is 6.92 Å². The Labute approximate surface area is 99.1 Å². The number of thiophene rings is 1. The van der Waals surface area contributed by atoms with Crippen LogP contribution in [0.15, 0.2) is 23.2 Å². The van der Waals surface area contributed by atoms with Crippen LogP contribution in [-0.2, 0) is 6.54 Å². The molecule has 0 saturated heterocycles. The van der Waals surface area contributed by atoms with Gasteiger partial charge in [-0.3, -0.25) is 5.84 Å². The smallest absolute Gasteiger partial charge is 0.131 e. The van der Waals surface area contributed by atoms with Crippen LogP contribution in [0.1, 0.15) is 29.9 Å². The van der Waals surface area contributed by atoms with E-state index in [4.69, 9.17) is 5.84 Å². The third-order valence-electron chi connectivity index (χ3n) is 2.72. The molecule has 2 heterocycles. The number of hydrogen-bond acceptors (Lipinski definition) is 4. The van der Waals surface area contributed by atoms with E-state index in [9.17, 15) is 0 Å². The number of imidazole rings is 1. The Kier molecular flexibility index (Phi) is 3.38. The Balaban J connectivity index is 2.40. The van der Waals surface area contributed by atoms with E-state index in [-0.39, 0.29) is 6.04 Å². The molecule has 5 heteroatoms. The molecule has 2 aromatic rings. The molecule has 0 aliphatic rings. The van der Waals surface area contributed by atoms with Crippen molar-refractivity contribution in [3.8, 4) is 0 Å². The van der Waals surface area contributed by atoms with Gasteiger partial charge in [0.1, 0.15) is 11.9 Å². The number of nitrogens with one attached hydrogen (secondary N) is 1. The Hall–Kier alpha value is -1.17. The molecule has 3 N–H and O–H groups in total. The highest BCUT2D eigenvalue weighted by molar-refractivity contribution is 7.08. The fourth-order valence-electron chi connectivity index (χ4n) is 1.82. The molecular formula is C11H16N4S. The van der Waals surface area contributed by atoms with Crippen LogP contribution in [0.2, 0.25) is 0 Å². The fourth-order valence-corrected chi connectivity index (χ4v) is 2.69. The molecular weight excluding hydrogens is 220 g/mol. The van der Waals surface area contributed by atoms with Crippen molar-refractivity contribution >= 4 is 11.3 Å². The highest BCUT2D eigenvalue weighted by atomic mass is 32.1. The Morgan fingerprint density at radius 3 is 2.94 bits per heavy atom. The lowest BCUT2D eigenvalue weighted by Crippen LogP contribution is -2.31. The number of nitrogens with two attached hydrogens (primary N) is 1. The van der Waals surface area contributed by atoms with Crippen molar-refractivity contribution in [2.75, 3.05) is 0 Å². The summed E-state index contributed by atoms with van der Waals surface area (Å²) in [5.74, 6) is 6.61. The third kappa shape index (κ3) is 1.89. The quantitative estimate of drug-likeness (QED) is 0.629. The maximum absolute atomic E-state index is 5.65. The molecule has 0 spiro atoms. The summed E-state index contributed by atoms with van der Waals surface area (Å²) in [5, 5.41) is 4.24. The van der Waals surface area contributed by atoms with Crippen LogP contribution in [0.25, 0.3) is 0 Å². The largest absolute Gasteiger partial charge is 0.334 e. The van der Waals surface area contributed by atoms with Gasteiger partial charge in [-0.2, -0.15) is 11.3 Å². The van der Waals surface area contributed by atoms with Crippen LogP contribution in [0.5, 0.6) is 0 Å². The second-order valence-electron chi connectivity index (χ2n) is 3.68. The summed E-state index contributed by atoms with van der Waals surface area (Å²) in [6.07, 6.45) is 3.78. The van der Waals surface area contributed by atoms with Crippen LogP contribution in [0.4, 0.5) is 0 Å². The van der Waals surface area contributed by atoms with Gasteiger partial charge in [-0.05, 0) is 35.7 Å². The summed E-state index contributed by atoms with van der Waals surface area (Å²) in [6.45, 7) is 5.09. The van der Waals surface area contributed by atoms with Gasteiger partial charge in [0, 0.05) is 18.9 Å². The minimum absolute atomic E-state index is 0.0267. The molecule has 0 aliphatic heterocycles. The van der Waals surface area contributed by atoms with E-state index in [0.29, 0.717) is 0 Å². The summed E-state index contributed by atoms with van der Waals surface area (Å²) in [5.41, 5.74) is 5.30. The van der Waals surface area contributed by atoms with E-state index in [2.05, 4.69) is 39.6 Å². The molecule has 0 aromatic carbocycles. The monoisotopic (exact) mass is 236 g/mol. The topological polar surface area (TPSA) is 55.9 Å². The molecule has 0 bridgehead atoms. The van der Waals surface area contributed by atoms with Gasteiger partial charge in [-0.15, -0.1) is 0 Å². The second-order valence-corrected chi connectivity index (χ2v) is 4.42. The first-order chi connectivity index (χ1) is 7.77. The molecule has 4 nitrogen and oxygen atoms in total. The lowest BCUT2D eigenvalue weighted by molar-refractivity contribution is 0.560. The Morgan fingerprint density at radius 2 is 2.38 bits per heavy atom. The molecule has 16 heavy (non-hydrogen) atoms. The van der Waals surface area contributed by atoms with E-state index in [1.54, 1.807) is 11.3 Å². The van der Waals surface area contributed by atoms with Crippen LogP contribution in [0.3, 0.4) is 0 Å². The maximum Gasteiger partial charge on any atom is 0.131 e. The predicted molar refractivity (Wildman–Crippen MR) is 66.1 cm³/mol. The molecule has 1 unspecified atom stereocenters. The van der Waals surface area contributed by atoms with Crippen molar-refractivity contribution in [3.05, 3.63) is 40.1 Å². The predicted octanol–water partition coefficient (Wildman–Crippen LogP) is 1.83. The molecule has 2 rings (SSSR count). The minimum atomic E-state index is -0.0267. The zero-order chi connectivity index (χ0) is 11.5. The standard InChI is InChI=1S/C11H16N4S/c1-3-15-5-4-13-11(15)10(14-12)9-7-16-6-8(9)2/h4-7,10,14H,3,12H2,1-2H3. The Bertz CT molecular complexity index is 460. The third-order valence-corrected chi connectivity index (χ3v) is 3.60. The minimum Gasteiger partial charge on any atom is -0.334 e. The first kappa shape index (κ1) is 11.3. The first-order valence-corrected chi connectivity index (χ1v) is 6.22. The SMILES string of the molecule is CCn1ccnc1C(NN)c1cscc1C. The van der Waals surface area contributed by atoms with Crippen LogP contribution in [-0.4, -0.2) is 9.55 Å². The van der Waals surface area contributed by atoms with E-state index < -0.39 is 0 Å². The van der Waals surface area contributed by atoms with Crippen molar-refractivity contribution in [1.29, 1.82) is 0 Å². The lowest BCUT2D eigenvalue weighted by Gasteiger charge is -2.16. The highest BCUT2D eigenvalue weighted by Gasteiger charge is 2.19. The van der Waals surface area contributed by atoms with Crippen molar-refractivity contribution in [2.24, 2.45) is 5.84 Å². The summed E-state index contributed by atoms with van der Waals surface area (Å²) in [6, 6.07) is -0.0267. The van der Waals surface area contributed by atoms with Gasteiger partial charge in [-0.25, -0.2) is 10.4 Å². The summed E-state index contributed by atoms with van der Waals surface area (Å²) >= 11 is 1.69. The van der Waals surface area contributed by atoms with E-state index in [0.717, 1.165) is 12.4 Å². The molecule has 0 fully saturated rings. The second kappa shape index (κ2) is 4.78. The molecule has 2 aromatic heterocycles. The zero-order valence-corrected chi connectivity index (χ0v) is 10.3. The maximum atomic E-state index is 5.65. The van der Waals surface area contributed by atoms with Gasteiger partial charge < -0.3 is 4.57 Å². The normalized spacial score (nSPS) is 12.9. The first-order valence-electron chi connectivity index (χ1n) is 5.27. The highest BCUT2D eigenvalue weighted by Crippen LogP contribution is 2.25. The van der Waals surface area contributed by atoms with Crippen molar-refractivity contribution in [1.82, 2.24) is 15.0 Å². The Morgan fingerprint density at radius 1 is 1.56 bits per heavy atom. The molecule has 1 atom stereocenters. The number of hydrazine groups is 1. The summed E-state index contributed by atoms with van der Waals surface area (Å²) in [4.78, 5) is 4.38. The van der Waals surface area contributed by atoms with Crippen LogP contribution >= 0.6 is 11.3 Å². The number of aryl methyl sites for hydroxylation is 2. The average molecular weight is 236 g/mol. The lowest BCUT2D eigenvalue weighted by atomic mass is 10.1. The van der Waals surface area contributed by atoms with Gasteiger partial charge in [0.25, 0.3) is 0 Å². The van der Waals surface area contributed by atoms with E-state index >= 15 is 0 Å².